The van der Waals surface area contributed by atoms with E-state index in [1.165, 1.54) is 0 Å². The number of rotatable bonds is 3. The van der Waals surface area contributed by atoms with Gasteiger partial charge in [0.15, 0.2) is 0 Å². The number of benzene rings is 1. The van der Waals surface area contributed by atoms with Crippen LogP contribution in [0.15, 0.2) is 48.7 Å². The van der Waals surface area contributed by atoms with Gasteiger partial charge >= 0.3 is 0 Å². The smallest absolute Gasteiger partial charge is 0.148 e. The summed E-state index contributed by atoms with van der Waals surface area (Å²) in [6.07, 6.45) is 12.1. The van der Waals surface area contributed by atoms with Crippen molar-refractivity contribution in [2.75, 3.05) is 13.7 Å². The first-order valence-electron chi connectivity index (χ1n) is 5.62. The molecule has 0 bridgehead atoms. The Hall–Kier alpha value is -1.30. The molecule has 0 saturated heterocycles. The van der Waals surface area contributed by atoms with Gasteiger partial charge in [0.1, 0.15) is 12.4 Å². The number of likely N-dealkylation sites (N-methyl/N-ethyl adjacent to an activating group) is 1. The number of hydrogen-bond acceptors (Lipinski definition) is 2. The Bertz CT molecular complexity index is 549. The first-order valence-corrected chi connectivity index (χ1v) is 5.62. The molecule has 1 heterocycles. The minimum atomic E-state index is 0. The zero-order valence-corrected chi connectivity index (χ0v) is 13.7. The zero-order valence-electron chi connectivity index (χ0n) is 10.9. The number of allylic oxidation sites excluding steroid dienone is 3. The summed E-state index contributed by atoms with van der Waals surface area (Å²) >= 11 is 0. The summed E-state index contributed by atoms with van der Waals surface area (Å²) in [4.78, 5) is 2.00. The van der Waals surface area contributed by atoms with Crippen LogP contribution < -0.4 is 4.74 Å². The standard InChI is InChI=1S/C16H14NO.Y/c1-4-12-18-15-10-8-14(9-11-15)16-7-5-6-13(2)17(16)3;/h1,5-6,8-11H,2,12H2,3H3;/q-1;. The predicted molar refractivity (Wildman–Crippen MR) is 73.5 cm³/mol. The molecule has 0 unspecified atom stereocenters. The van der Waals surface area contributed by atoms with Crippen molar-refractivity contribution < 1.29 is 37.4 Å². The number of hydrogen-bond donors (Lipinski definition) is 0. The molecule has 0 fully saturated rings. The normalized spacial score (nSPS) is 13.4. The van der Waals surface area contributed by atoms with Crippen LogP contribution in [0.2, 0.25) is 0 Å². The molecule has 1 aromatic rings. The first kappa shape index (κ1) is 15.8. The molecule has 0 amide bonds. The van der Waals surface area contributed by atoms with Crippen LogP contribution in [-0.2, 0) is 32.7 Å². The molecule has 0 atom stereocenters. The second-order valence-electron chi connectivity index (χ2n) is 3.89. The molecule has 2 nitrogen and oxygen atoms in total. The third-order valence-electron chi connectivity index (χ3n) is 2.71. The fraction of sp³-hybridized carbons (Fsp3) is 0.125. The van der Waals surface area contributed by atoms with E-state index in [1.54, 1.807) is 0 Å². The third-order valence-corrected chi connectivity index (χ3v) is 2.71. The van der Waals surface area contributed by atoms with E-state index in [2.05, 4.69) is 18.6 Å². The number of nitrogens with zero attached hydrogens (tertiary/aromatic N) is 1. The maximum absolute atomic E-state index is 5.33. The number of terminal acetylenes is 1. The van der Waals surface area contributed by atoms with Gasteiger partial charge in [0.05, 0.1) is 0 Å². The Labute approximate surface area is 139 Å². The average Bonchev–Trinajstić information content (AvgIpc) is 2.40. The number of ether oxygens (including phenoxy) is 1. The van der Waals surface area contributed by atoms with Gasteiger partial charge in [0.25, 0.3) is 0 Å². The maximum Gasteiger partial charge on any atom is 0.148 e. The summed E-state index contributed by atoms with van der Waals surface area (Å²) in [6, 6.07) is 7.76. The van der Waals surface area contributed by atoms with Crippen molar-refractivity contribution >= 4 is 5.70 Å². The van der Waals surface area contributed by atoms with Crippen LogP contribution in [-0.4, -0.2) is 18.6 Å². The Morgan fingerprint density at radius 1 is 1.37 bits per heavy atom. The Balaban J connectivity index is 0.00000180. The zero-order chi connectivity index (χ0) is 13.0. The minimum Gasteiger partial charge on any atom is -0.481 e. The van der Waals surface area contributed by atoms with Gasteiger partial charge in [-0.1, -0.05) is 23.8 Å². The van der Waals surface area contributed by atoms with E-state index in [4.69, 9.17) is 11.2 Å². The summed E-state index contributed by atoms with van der Waals surface area (Å²) in [5.41, 5.74) is 3.00. The largest absolute Gasteiger partial charge is 0.481 e. The molecule has 0 aromatic heterocycles. The van der Waals surface area contributed by atoms with E-state index in [0.717, 1.165) is 22.7 Å². The van der Waals surface area contributed by atoms with Crippen LogP contribution >= 0.6 is 0 Å². The van der Waals surface area contributed by atoms with Crippen LogP contribution in [0.5, 0.6) is 5.75 Å². The molecule has 93 valence electrons. The second-order valence-corrected chi connectivity index (χ2v) is 3.89. The van der Waals surface area contributed by atoms with Crippen LogP contribution in [0.3, 0.4) is 0 Å². The summed E-state index contributed by atoms with van der Waals surface area (Å²) in [5, 5.41) is 0. The Morgan fingerprint density at radius 2 is 2.05 bits per heavy atom. The van der Waals surface area contributed by atoms with E-state index in [9.17, 15) is 0 Å². The van der Waals surface area contributed by atoms with Gasteiger partial charge in [-0.05, 0) is 17.8 Å². The SMILES string of the molecule is C#CCOc1ccc(C2=[C-]C=CC(=C)N2C)cc1.[Y]. The van der Waals surface area contributed by atoms with Crippen molar-refractivity contribution in [3.05, 3.63) is 60.3 Å². The summed E-state index contributed by atoms with van der Waals surface area (Å²) < 4.78 is 5.33. The molecule has 0 saturated carbocycles. The summed E-state index contributed by atoms with van der Waals surface area (Å²) in [6.45, 7) is 4.25. The van der Waals surface area contributed by atoms with E-state index in [1.807, 2.05) is 48.4 Å². The fourth-order valence-corrected chi connectivity index (χ4v) is 1.68. The van der Waals surface area contributed by atoms with Crippen molar-refractivity contribution in [1.82, 2.24) is 4.90 Å². The molecule has 1 aromatic carbocycles. The van der Waals surface area contributed by atoms with Crippen LogP contribution in [0.25, 0.3) is 5.70 Å². The maximum atomic E-state index is 5.33. The molecular formula is C16H14NOY-. The molecule has 19 heavy (non-hydrogen) atoms. The van der Waals surface area contributed by atoms with Crippen molar-refractivity contribution in [3.8, 4) is 18.1 Å². The minimum absolute atomic E-state index is 0. The summed E-state index contributed by atoms with van der Waals surface area (Å²) in [7, 11) is 1.97. The average molecular weight is 325 g/mol. The van der Waals surface area contributed by atoms with Gasteiger partial charge in [-0.2, -0.15) is 12.2 Å². The Kier molecular flexibility index (Phi) is 6.08. The molecule has 0 aliphatic carbocycles. The van der Waals surface area contributed by atoms with E-state index >= 15 is 0 Å². The van der Waals surface area contributed by atoms with Crippen LogP contribution in [0.4, 0.5) is 0 Å². The van der Waals surface area contributed by atoms with Crippen LogP contribution in [0, 0.1) is 18.4 Å². The van der Waals surface area contributed by atoms with Gasteiger partial charge in [0.2, 0.25) is 0 Å². The third kappa shape index (κ3) is 3.83. The van der Waals surface area contributed by atoms with Crippen molar-refractivity contribution in [2.45, 2.75) is 0 Å². The molecule has 0 N–H and O–H groups in total. The van der Waals surface area contributed by atoms with Gasteiger partial charge in [-0.3, -0.25) is 0 Å². The summed E-state index contributed by atoms with van der Waals surface area (Å²) in [5.74, 6) is 3.21. The van der Waals surface area contributed by atoms with E-state index < -0.39 is 0 Å². The van der Waals surface area contributed by atoms with E-state index in [-0.39, 0.29) is 39.3 Å². The quantitative estimate of drug-likeness (QED) is 0.626. The first-order chi connectivity index (χ1) is 8.72. The van der Waals surface area contributed by atoms with Crippen molar-refractivity contribution in [1.29, 1.82) is 0 Å². The molecule has 1 radical (unpaired) electrons. The van der Waals surface area contributed by atoms with Crippen molar-refractivity contribution in [2.24, 2.45) is 0 Å². The predicted octanol–water partition coefficient (Wildman–Crippen LogP) is 2.86. The van der Waals surface area contributed by atoms with E-state index in [0.29, 0.717) is 0 Å². The van der Waals surface area contributed by atoms with Gasteiger partial charge in [-0.15, -0.1) is 24.6 Å². The van der Waals surface area contributed by atoms with Gasteiger partial charge < -0.3 is 9.64 Å². The van der Waals surface area contributed by atoms with Crippen molar-refractivity contribution in [3.63, 3.8) is 0 Å². The van der Waals surface area contributed by atoms with Gasteiger partial charge in [-0.25, -0.2) is 0 Å². The molecule has 3 heteroatoms. The Morgan fingerprint density at radius 3 is 2.68 bits per heavy atom. The molecule has 1 aliphatic rings. The molecule has 2 rings (SSSR count). The second kappa shape index (κ2) is 7.33. The van der Waals surface area contributed by atoms with Gasteiger partial charge in [0, 0.05) is 39.8 Å². The van der Waals surface area contributed by atoms with Crippen LogP contribution in [0.1, 0.15) is 5.56 Å². The molecular weight excluding hydrogens is 311 g/mol. The molecule has 1 aliphatic heterocycles. The molecule has 0 spiro atoms. The monoisotopic (exact) mass is 325 g/mol. The topological polar surface area (TPSA) is 12.5 Å². The fourth-order valence-electron chi connectivity index (χ4n) is 1.68.